The van der Waals surface area contributed by atoms with Crippen LogP contribution in [0.25, 0.3) is 0 Å². The average Bonchev–Trinajstić information content (AvgIpc) is 3.56. The van der Waals surface area contributed by atoms with Gasteiger partial charge in [-0.3, -0.25) is 9.59 Å². The van der Waals surface area contributed by atoms with Crippen molar-refractivity contribution in [2.24, 2.45) is 5.92 Å². The summed E-state index contributed by atoms with van der Waals surface area (Å²) in [5.74, 6) is 0.342. The first-order valence-electron chi connectivity index (χ1n) is 11.3. The Labute approximate surface area is 183 Å². The lowest BCUT2D eigenvalue weighted by atomic mass is 10.0. The minimum Gasteiger partial charge on any atom is -0.369 e. The summed E-state index contributed by atoms with van der Waals surface area (Å²) in [4.78, 5) is 32.1. The fourth-order valence-corrected chi connectivity index (χ4v) is 4.59. The number of amides is 2. The Bertz CT molecular complexity index is 976. The van der Waals surface area contributed by atoms with Crippen LogP contribution in [-0.2, 0) is 17.8 Å². The molecule has 2 fully saturated rings. The van der Waals surface area contributed by atoms with Crippen molar-refractivity contribution in [3.63, 3.8) is 0 Å². The molecule has 6 nitrogen and oxygen atoms in total. The van der Waals surface area contributed by atoms with E-state index in [1.807, 2.05) is 23.1 Å². The molecule has 2 heterocycles. The van der Waals surface area contributed by atoms with Crippen molar-refractivity contribution in [2.75, 3.05) is 49.6 Å². The van der Waals surface area contributed by atoms with Crippen molar-refractivity contribution >= 4 is 23.2 Å². The van der Waals surface area contributed by atoms with E-state index < -0.39 is 0 Å². The van der Waals surface area contributed by atoms with Crippen LogP contribution in [0, 0.1) is 5.92 Å². The molecule has 0 spiro atoms. The number of carbonyl (C=O) groups is 2. The van der Waals surface area contributed by atoms with E-state index in [0.29, 0.717) is 18.7 Å². The second-order valence-electron chi connectivity index (χ2n) is 8.96. The average molecular weight is 419 g/mol. The molecule has 0 atom stereocenters. The van der Waals surface area contributed by atoms with Gasteiger partial charge in [-0.1, -0.05) is 18.2 Å². The Balaban J connectivity index is 1.22. The molecule has 1 aliphatic carbocycles. The number of anilines is 2. The van der Waals surface area contributed by atoms with Crippen molar-refractivity contribution in [1.29, 1.82) is 0 Å². The van der Waals surface area contributed by atoms with Crippen molar-refractivity contribution in [1.82, 2.24) is 10.2 Å². The molecule has 1 N–H and O–H groups in total. The zero-order valence-corrected chi connectivity index (χ0v) is 18.1. The number of piperazine rings is 1. The highest BCUT2D eigenvalue weighted by Crippen LogP contribution is 2.37. The second-order valence-corrected chi connectivity index (χ2v) is 8.96. The molecule has 0 bridgehead atoms. The molecular formula is C25H30N4O2. The first-order chi connectivity index (χ1) is 15.1. The van der Waals surface area contributed by atoms with Gasteiger partial charge in [-0.15, -0.1) is 0 Å². The smallest absolute Gasteiger partial charge is 0.251 e. The maximum atomic E-state index is 12.9. The summed E-state index contributed by atoms with van der Waals surface area (Å²) in [7, 11) is 2.16. The topological polar surface area (TPSA) is 55.9 Å². The molecule has 3 aliphatic rings. The Morgan fingerprint density at radius 2 is 1.71 bits per heavy atom. The lowest BCUT2D eigenvalue weighted by Gasteiger charge is -2.34. The first kappa shape index (κ1) is 20.1. The maximum absolute atomic E-state index is 12.9. The van der Waals surface area contributed by atoms with Gasteiger partial charge in [0.05, 0.1) is 0 Å². The maximum Gasteiger partial charge on any atom is 0.251 e. The van der Waals surface area contributed by atoms with E-state index in [1.165, 1.54) is 5.69 Å². The predicted molar refractivity (Wildman–Crippen MR) is 123 cm³/mol. The quantitative estimate of drug-likeness (QED) is 0.811. The third-order valence-electron chi connectivity index (χ3n) is 6.72. The molecule has 0 unspecified atom stereocenters. The number of benzene rings is 2. The molecule has 1 saturated heterocycles. The summed E-state index contributed by atoms with van der Waals surface area (Å²) < 4.78 is 0. The Morgan fingerprint density at radius 1 is 0.968 bits per heavy atom. The molecule has 2 aromatic rings. The standard InChI is InChI=1S/C25H30N4O2/c1-27-13-15-28(16-14-27)20-9-5-18(6-10-20)17-26-24(30)22-3-2-4-23-21(22)11-12-29(23)25(31)19-7-8-19/h2-6,9-10,19H,7-8,11-17H2,1H3,(H,26,30). The van der Waals surface area contributed by atoms with E-state index in [2.05, 4.69) is 46.4 Å². The summed E-state index contributed by atoms with van der Waals surface area (Å²) in [6.07, 6.45) is 2.74. The molecule has 0 aromatic heterocycles. The summed E-state index contributed by atoms with van der Waals surface area (Å²) in [6, 6.07) is 14.2. The molecular weight excluding hydrogens is 388 g/mol. The van der Waals surface area contributed by atoms with Gasteiger partial charge in [-0.05, 0) is 61.7 Å². The van der Waals surface area contributed by atoms with Gasteiger partial charge in [0.15, 0.2) is 0 Å². The van der Waals surface area contributed by atoms with Crippen LogP contribution >= 0.6 is 0 Å². The SMILES string of the molecule is CN1CCN(c2ccc(CNC(=O)c3cccc4c3CCN4C(=O)C3CC3)cc2)CC1. The van der Waals surface area contributed by atoms with Crippen LogP contribution in [0.2, 0.25) is 0 Å². The van der Waals surface area contributed by atoms with Crippen molar-refractivity contribution < 1.29 is 9.59 Å². The van der Waals surface area contributed by atoms with Gasteiger partial charge >= 0.3 is 0 Å². The van der Waals surface area contributed by atoms with Gasteiger partial charge in [-0.25, -0.2) is 0 Å². The summed E-state index contributed by atoms with van der Waals surface area (Å²) in [5, 5.41) is 3.07. The Morgan fingerprint density at radius 3 is 2.42 bits per heavy atom. The van der Waals surface area contributed by atoms with Crippen LogP contribution in [0.4, 0.5) is 11.4 Å². The van der Waals surface area contributed by atoms with Gasteiger partial charge in [0.1, 0.15) is 0 Å². The number of fused-ring (bicyclic) bond motifs is 1. The van der Waals surface area contributed by atoms with E-state index in [9.17, 15) is 9.59 Å². The molecule has 2 aromatic carbocycles. The summed E-state index contributed by atoms with van der Waals surface area (Å²) >= 11 is 0. The van der Waals surface area contributed by atoms with E-state index in [1.54, 1.807) is 0 Å². The number of carbonyl (C=O) groups excluding carboxylic acids is 2. The van der Waals surface area contributed by atoms with Gasteiger partial charge in [0, 0.05) is 62.1 Å². The fraction of sp³-hybridized carbons (Fsp3) is 0.440. The summed E-state index contributed by atoms with van der Waals surface area (Å²) in [5.41, 5.74) is 4.94. The van der Waals surface area contributed by atoms with Gasteiger partial charge < -0.3 is 20.0 Å². The molecule has 31 heavy (non-hydrogen) atoms. The van der Waals surface area contributed by atoms with Crippen LogP contribution in [0.3, 0.4) is 0 Å². The minimum absolute atomic E-state index is 0.0688. The van der Waals surface area contributed by atoms with E-state index in [4.69, 9.17) is 0 Å². The number of hydrogen-bond donors (Lipinski definition) is 1. The Hall–Kier alpha value is -2.86. The normalized spacial score (nSPS) is 18.7. The number of hydrogen-bond acceptors (Lipinski definition) is 4. The van der Waals surface area contributed by atoms with Gasteiger partial charge in [0.25, 0.3) is 5.91 Å². The van der Waals surface area contributed by atoms with Crippen molar-refractivity contribution in [3.8, 4) is 0 Å². The number of nitrogens with zero attached hydrogens (tertiary/aromatic N) is 3. The van der Waals surface area contributed by atoms with Crippen molar-refractivity contribution in [3.05, 3.63) is 59.2 Å². The molecule has 0 radical (unpaired) electrons. The first-order valence-corrected chi connectivity index (χ1v) is 11.3. The number of nitrogens with one attached hydrogen (secondary N) is 1. The molecule has 162 valence electrons. The highest BCUT2D eigenvalue weighted by atomic mass is 16.2. The third-order valence-corrected chi connectivity index (χ3v) is 6.72. The fourth-order valence-electron chi connectivity index (χ4n) is 4.59. The zero-order valence-electron chi connectivity index (χ0n) is 18.1. The van der Waals surface area contributed by atoms with E-state index in [-0.39, 0.29) is 17.7 Å². The number of rotatable bonds is 5. The van der Waals surface area contributed by atoms with Crippen LogP contribution in [0.15, 0.2) is 42.5 Å². The predicted octanol–water partition coefficient (Wildman–Crippen LogP) is 2.67. The molecule has 6 heteroatoms. The van der Waals surface area contributed by atoms with Crippen LogP contribution < -0.4 is 15.1 Å². The molecule has 2 amide bonds. The van der Waals surface area contributed by atoms with E-state index >= 15 is 0 Å². The van der Waals surface area contributed by atoms with E-state index in [0.717, 1.165) is 62.3 Å². The summed E-state index contributed by atoms with van der Waals surface area (Å²) in [6.45, 7) is 5.45. The van der Waals surface area contributed by atoms with Gasteiger partial charge in [0.2, 0.25) is 5.91 Å². The van der Waals surface area contributed by atoms with Crippen LogP contribution in [-0.4, -0.2) is 56.5 Å². The molecule has 2 aliphatic heterocycles. The Kier molecular flexibility index (Phi) is 5.40. The highest BCUT2D eigenvalue weighted by molar-refractivity contribution is 6.02. The van der Waals surface area contributed by atoms with Gasteiger partial charge in [-0.2, -0.15) is 0 Å². The molecule has 5 rings (SSSR count). The lowest BCUT2D eigenvalue weighted by Crippen LogP contribution is -2.44. The number of likely N-dealkylation sites (N-methyl/N-ethyl adjacent to an activating group) is 1. The zero-order chi connectivity index (χ0) is 21.4. The third kappa shape index (κ3) is 4.17. The largest absolute Gasteiger partial charge is 0.369 e. The van der Waals surface area contributed by atoms with Crippen LogP contribution in [0.5, 0.6) is 0 Å². The minimum atomic E-state index is -0.0688. The van der Waals surface area contributed by atoms with Crippen molar-refractivity contribution in [2.45, 2.75) is 25.8 Å². The highest BCUT2D eigenvalue weighted by Gasteiger charge is 2.37. The second kappa shape index (κ2) is 8.35. The monoisotopic (exact) mass is 418 g/mol. The van der Waals surface area contributed by atoms with Crippen LogP contribution in [0.1, 0.15) is 34.3 Å². The lowest BCUT2D eigenvalue weighted by molar-refractivity contribution is -0.119. The molecule has 1 saturated carbocycles.